The number of aromatic nitrogens is 4. The number of thioether (sulfide) groups is 1. The Bertz CT molecular complexity index is 1090. The van der Waals surface area contributed by atoms with Crippen molar-refractivity contribution in [3.05, 3.63) is 48.0 Å². The van der Waals surface area contributed by atoms with Gasteiger partial charge in [0.2, 0.25) is 11.1 Å². The standard InChI is InChI=1S/C19H18N6O4S/c1-12-4-2-3-5-14(12)25-19(22-23-24-25)30-11-17(26)21-18(27)20-13-6-7-15-16(10-13)29-9-8-28-15/h2-7,10H,8-9,11H2,1H3,(H2,20,21,26,27). The largest absolute Gasteiger partial charge is 0.486 e. The van der Waals surface area contributed by atoms with E-state index in [2.05, 4.69) is 26.2 Å². The molecule has 0 aliphatic carbocycles. The Balaban J connectivity index is 1.32. The number of hydrogen-bond donors (Lipinski definition) is 2. The first-order valence-electron chi connectivity index (χ1n) is 9.08. The number of urea groups is 1. The van der Waals surface area contributed by atoms with Crippen LogP contribution in [0.3, 0.4) is 0 Å². The number of nitrogens with zero attached hydrogens (tertiary/aromatic N) is 4. The molecule has 1 aliphatic heterocycles. The summed E-state index contributed by atoms with van der Waals surface area (Å²) in [6.07, 6.45) is 0. The van der Waals surface area contributed by atoms with Gasteiger partial charge in [-0.3, -0.25) is 10.1 Å². The van der Waals surface area contributed by atoms with E-state index in [1.165, 1.54) is 0 Å². The number of fused-ring (bicyclic) bond motifs is 1. The zero-order chi connectivity index (χ0) is 20.9. The molecule has 2 aromatic carbocycles. The molecule has 11 heteroatoms. The fourth-order valence-corrected chi connectivity index (χ4v) is 3.48. The van der Waals surface area contributed by atoms with Gasteiger partial charge in [0.1, 0.15) is 13.2 Å². The van der Waals surface area contributed by atoms with Crippen LogP contribution in [0, 0.1) is 6.92 Å². The van der Waals surface area contributed by atoms with Crippen LogP contribution in [0.5, 0.6) is 11.5 Å². The summed E-state index contributed by atoms with van der Waals surface area (Å²) in [5.74, 6) is 0.658. The van der Waals surface area contributed by atoms with Gasteiger partial charge in [0.15, 0.2) is 11.5 Å². The van der Waals surface area contributed by atoms with Crippen molar-refractivity contribution in [2.45, 2.75) is 12.1 Å². The highest BCUT2D eigenvalue weighted by atomic mass is 32.2. The highest BCUT2D eigenvalue weighted by Crippen LogP contribution is 2.32. The van der Waals surface area contributed by atoms with Gasteiger partial charge in [-0.25, -0.2) is 4.79 Å². The van der Waals surface area contributed by atoms with Crippen molar-refractivity contribution in [3.8, 4) is 17.2 Å². The Hall–Kier alpha value is -3.60. The van der Waals surface area contributed by atoms with E-state index in [4.69, 9.17) is 9.47 Å². The predicted octanol–water partition coefficient (Wildman–Crippen LogP) is 2.18. The number of carbonyl (C=O) groups is 2. The molecule has 1 aromatic heterocycles. The summed E-state index contributed by atoms with van der Waals surface area (Å²) in [5.41, 5.74) is 2.30. The summed E-state index contributed by atoms with van der Waals surface area (Å²) in [6, 6.07) is 12.0. The SMILES string of the molecule is Cc1ccccc1-n1nnnc1SCC(=O)NC(=O)Nc1ccc2c(c1)OCCO2. The second-order valence-electron chi connectivity index (χ2n) is 6.31. The lowest BCUT2D eigenvalue weighted by molar-refractivity contribution is -0.117. The zero-order valence-electron chi connectivity index (χ0n) is 16.0. The molecule has 3 aromatic rings. The molecule has 2 heterocycles. The van der Waals surface area contributed by atoms with E-state index < -0.39 is 11.9 Å². The average Bonchev–Trinajstić information content (AvgIpc) is 3.21. The second kappa shape index (κ2) is 8.82. The smallest absolute Gasteiger partial charge is 0.325 e. The number of tetrazole rings is 1. The van der Waals surface area contributed by atoms with Crippen LogP contribution in [0.2, 0.25) is 0 Å². The highest BCUT2D eigenvalue weighted by molar-refractivity contribution is 7.99. The molecular formula is C19H18N6O4S. The van der Waals surface area contributed by atoms with Crippen LogP contribution >= 0.6 is 11.8 Å². The number of hydrogen-bond acceptors (Lipinski definition) is 8. The Morgan fingerprint density at radius 2 is 1.93 bits per heavy atom. The molecule has 3 amide bonds. The van der Waals surface area contributed by atoms with Crippen molar-refractivity contribution in [2.75, 3.05) is 24.3 Å². The number of aryl methyl sites for hydroxylation is 1. The van der Waals surface area contributed by atoms with Gasteiger partial charge in [0.05, 0.1) is 11.4 Å². The topological polar surface area (TPSA) is 120 Å². The maximum absolute atomic E-state index is 12.2. The minimum absolute atomic E-state index is 0.0270. The van der Waals surface area contributed by atoms with E-state index in [0.29, 0.717) is 35.6 Å². The van der Waals surface area contributed by atoms with Gasteiger partial charge in [-0.15, -0.1) is 5.10 Å². The lowest BCUT2D eigenvalue weighted by Crippen LogP contribution is -2.35. The molecule has 0 bridgehead atoms. The normalized spacial score (nSPS) is 12.3. The summed E-state index contributed by atoms with van der Waals surface area (Å²) >= 11 is 1.13. The maximum atomic E-state index is 12.2. The van der Waals surface area contributed by atoms with Crippen LogP contribution in [0.1, 0.15) is 5.56 Å². The van der Waals surface area contributed by atoms with Crippen molar-refractivity contribution in [3.63, 3.8) is 0 Å². The molecule has 10 nitrogen and oxygen atoms in total. The number of para-hydroxylation sites is 1. The van der Waals surface area contributed by atoms with Crippen molar-refractivity contribution in [2.24, 2.45) is 0 Å². The summed E-state index contributed by atoms with van der Waals surface area (Å²) < 4.78 is 12.5. The number of imide groups is 1. The van der Waals surface area contributed by atoms with Crippen molar-refractivity contribution >= 4 is 29.4 Å². The lowest BCUT2D eigenvalue weighted by atomic mass is 10.2. The molecule has 0 atom stereocenters. The van der Waals surface area contributed by atoms with Crippen molar-refractivity contribution in [1.82, 2.24) is 25.5 Å². The third-order valence-electron chi connectivity index (χ3n) is 4.17. The summed E-state index contributed by atoms with van der Waals surface area (Å²) in [4.78, 5) is 24.3. The van der Waals surface area contributed by atoms with Gasteiger partial charge in [-0.05, 0) is 41.1 Å². The van der Waals surface area contributed by atoms with Crippen LogP contribution in [-0.4, -0.2) is 51.1 Å². The van der Waals surface area contributed by atoms with Crippen molar-refractivity contribution in [1.29, 1.82) is 0 Å². The van der Waals surface area contributed by atoms with E-state index in [1.54, 1.807) is 22.9 Å². The highest BCUT2D eigenvalue weighted by Gasteiger charge is 2.16. The van der Waals surface area contributed by atoms with Crippen LogP contribution in [-0.2, 0) is 4.79 Å². The Morgan fingerprint density at radius 1 is 1.13 bits per heavy atom. The molecule has 0 fully saturated rings. The second-order valence-corrected chi connectivity index (χ2v) is 7.25. The Morgan fingerprint density at radius 3 is 2.77 bits per heavy atom. The van der Waals surface area contributed by atoms with Crippen LogP contribution in [0.25, 0.3) is 5.69 Å². The van der Waals surface area contributed by atoms with E-state index in [0.717, 1.165) is 23.0 Å². The van der Waals surface area contributed by atoms with E-state index in [1.807, 2.05) is 31.2 Å². The molecule has 30 heavy (non-hydrogen) atoms. The third kappa shape index (κ3) is 4.51. The molecule has 0 radical (unpaired) electrons. The summed E-state index contributed by atoms with van der Waals surface area (Å²) in [7, 11) is 0. The van der Waals surface area contributed by atoms with Crippen LogP contribution < -0.4 is 20.1 Å². The molecule has 2 N–H and O–H groups in total. The quantitative estimate of drug-likeness (QED) is 0.596. The predicted molar refractivity (Wildman–Crippen MR) is 109 cm³/mol. The number of rotatable bonds is 5. The first-order chi connectivity index (χ1) is 14.6. The third-order valence-corrected chi connectivity index (χ3v) is 5.09. The first kappa shape index (κ1) is 19.7. The minimum Gasteiger partial charge on any atom is -0.486 e. The number of amides is 3. The average molecular weight is 426 g/mol. The summed E-state index contributed by atoms with van der Waals surface area (Å²) in [6.45, 7) is 2.88. The van der Waals surface area contributed by atoms with Crippen LogP contribution in [0.15, 0.2) is 47.6 Å². The molecule has 0 unspecified atom stereocenters. The fraction of sp³-hybridized carbons (Fsp3) is 0.211. The molecule has 4 rings (SSSR count). The number of nitrogens with one attached hydrogen (secondary N) is 2. The lowest BCUT2D eigenvalue weighted by Gasteiger charge is -2.19. The fourth-order valence-electron chi connectivity index (χ4n) is 2.80. The molecule has 0 saturated carbocycles. The van der Waals surface area contributed by atoms with Gasteiger partial charge in [0.25, 0.3) is 0 Å². The number of carbonyl (C=O) groups excluding carboxylic acids is 2. The van der Waals surface area contributed by atoms with E-state index >= 15 is 0 Å². The van der Waals surface area contributed by atoms with Crippen molar-refractivity contribution < 1.29 is 19.1 Å². The molecule has 154 valence electrons. The van der Waals surface area contributed by atoms with Gasteiger partial charge >= 0.3 is 6.03 Å². The number of benzene rings is 2. The molecule has 0 spiro atoms. The number of ether oxygens (including phenoxy) is 2. The Labute approximate surface area is 175 Å². The molecule has 1 aliphatic rings. The van der Waals surface area contributed by atoms with Gasteiger partial charge in [-0.1, -0.05) is 30.0 Å². The maximum Gasteiger partial charge on any atom is 0.325 e. The Kier molecular flexibility index (Phi) is 5.80. The van der Waals surface area contributed by atoms with Crippen LogP contribution in [0.4, 0.5) is 10.5 Å². The molecular weight excluding hydrogens is 408 g/mol. The van der Waals surface area contributed by atoms with Gasteiger partial charge < -0.3 is 14.8 Å². The van der Waals surface area contributed by atoms with E-state index in [9.17, 15) is 9.59 Å². The zero-order valence-corrected chi connectivity index (χ0v) is 16.8. The summed E-state index contributed by atoms with van der Waals surface area (Å²) in [5, 5.41) is 16.9. The van der Waals surface area contributed by atoms with E-state index in [-0.39, 0.29) is 5.75 Å². The first-order valence-corrected chi connectivity index (χ1v) is 10.1. The molecule has 0 saturated heterocycles. The van der Waals surface area contributed by atoms with Gasteiger partial charge in [-0.2, -0.15) is 4.68 Å². The monoisotopic (exact) mass is 426 g/mol. The van der Waals surface area contributed by atoms with Gasteiger partial charge in [0, 0.05) is 11.8 Å². The number of anilines is 1. The minimum atomic E-state index is -0.643.